The summed E-state index contributed by atoms with van der Waals surface area (Å²) in [6.07, 6.45) is 0.886. The normalized spacial score (nSPS) is 23.3. The van der Waals surface area contributed by atoms with Crippen molar-refractivity contribution in [2.24, 2.45) is 5.92 Å². The van der Waals surface area contributed by atoms with Gasteiger partial charge >= 0.3 is 0 Å². The van der Waals surface area contributed by atoms with Crippen LogP contribution in [0.3, 0.4) is 0 Å². The maximum Gasteiger partial charge on any atom is 0.260 e. The molecule has 104 valence electrons. The summed E-state index contributed by atoms with van der Waals surface area (Å²) in [5.74, 6) is 1.000. The average Bonchev–Trinajstić information content (AvgIpc) is 2.35. The Morgan fingerprint density at radius 1 is 1.42 bits per heavy atom. The number of nitrogens with one attached hydrogen (secondary N) is 1. The Hall–Kier alpha value is -1.55. The van der Waals surface area contributed by atoms with Crippen LogP contribution in [0.5, 0.6) is 5.75 Å². The van der Waals surface area contributed by atoms with E-state index in [-0.39, 0.29) is 12.0 Å². The van der Waals surface area contributed by atoms with Crippen molar-refractivity contribution in [3.05, 3.63) is 29.8 Å². The molecule has 0 aliphatic heterocycles. The molecule has 1 unspecified atom stereocenters. The van der Waals surface area contributed by atoms with E-state index in [1.54, 1.807) is 6.92 Å². The van der Waals surface area contributed by atoms with Gasteiger partial charge in [-0.05, 0) is 44.7 Å². The van der Waals surface area contributed by atoms with Gasteiger partial charge in [-0.25, -0.2) is 0 Å². The van der Waals surface area contributed by atoms with E-state index in [1.165, 1.54) is 0 Å². The van der Waals surface area contributed by atoms with Crippen LogP contribution in [0.25, 0.3) is 0 Å². The van der Waals surface area contributed by atoms with Gasteiger partial charge in [-0.2, -0.15) is 0 Å². The number of aliphatic hydroxyl groups excluding tert-OH is 1. The number of carbonyl (C=O) groups is 1. The van der Waals surface area contributed by atoms with E-state index in [2.05, 4.69) is 5.32 Å². The van der Waals surface area contributed by atoms with Crippen LogP contribution in [0.4, 0.5) is 0 Å². The van der Waals surface area contributed by atoms with Crippen LogP contribution in [-0.4, -0.2) is 29.8 Å². The molecule has 0 heterocycles. The van der Waals surface area contributed by atoms with E-state index in [9.17, 15) is 9.90 Å². The molecule has 4 heteroatoms. The molecule has 1 atom stereocenters. The molecule has 0 spiro atoms. The highest BCUT2D eigenvalue weighted by Crippen LogP contribution is 2.26. The highest BCUT2D eigenvalue weighted by Gasteiger charge is 2.27. The van der Waals surface area contributed by atoms with Gasteiger partial charge in [0.05, 0.1) is 6.10 Å². The summed E-state index contributed by atoms with van der Waals surface area (Å²) in [5, 5.41) is 12.0. The maximum atomic E-state index is 11.8. The fraction of sp³-hybridized carbons (Fsp3) is 0.533. The monoisotopic (exact) mass is 263 g/mol. The first kappa shape index (κ1) is 13.9. The summed E-state index contributed by atoms with van der Waals surface area (Å²) in [5.41, 5.74) is 1.16. The Kier molecular flexibility index (Phi) is 4.43. The zero-order valence-electron chi connectivity index (χ0n) is 11.4. The Balaban J connectivity index is 1.74. The first-order valence-corrected chi connectivity index (χ1v) is 6.73. The summed E-state index contributed by atoms with van der Waals surface area (Å²) < 4.78 is 5.57. The zero-order valence-corrected chi connectivity index (χ0v) is 11.4. The van der Waals surface area contributed by atoms with E-state index < -0.39 is 6.10 Å². The Morgan fingerprint density at radius 2 is 2.05 bits per heavy atom. The topological polar surface area (TPSA) is 58.6 Å². The molecule has 0 radical (unpaired) electrons. The standard InChI is InChI=1S/C15H21NO3/c1-10-3-5-14(6-4-10)19-11(2)15(18)16-9-12-7-13(17)8-12/h3-6,11-13,17H,7-9H2,1-2H3,(H,16,18). The van der Waals surface area contributed by atoms with E-state index in [4.69, 9.17) is 4.74 Å². The lowest BCUT2D eigenvalue weighted by molar-refractivity contribution is -0.127. The van der Waals surface area contributed by atoms with Crippen molar-refractivity contribution in [2.75, 3.05) is 6.54 Å². The van der Waals surface area contributed by atoms with Gasteiger partial charge in [-0.15, -0.1) is 0 Å². The van der Waals surface area contributed by atoms with Crippen LogP contribution in [0.15, 0.2) is 24.3 Å². The van der Waals surface area contributed by atoms with Gasteiger partial charge < -0.3 is 15.2 Å². The molecule has 2 N–H and O–H groups in total. The lowest BCUT2D eigenvalue weighted by Gasteiger charge is -2.31. The third kappa shape index (κ3) is 3.96. The van der Waals surface area contributed by atoms with E-state index in [0.29, 0.717) is 18.2 Å². The van der Waals surface area contributed by atoms with E-state index in [0.717, 1.165) is 18.4 Å². The zero-order chi connectivity index (χ0) is 13.8. The number of rotatable bonds is 5. The van der Waals surface area contributed by atoms with Crippen molar-refractivity contribution in [2.45, 2.75) is 38.9 Å². The van der Waals surface area contributed by atoms with Crippen LogP contribution in [-0.2, 0) is 4.79 Å². The minimum absolute atomic E-state index is 0.109. The summed E-state index contributed by atoms with van der Waals surface area (Å²) in [7, 11) is 0. The highest BCUT2D eigenvalue weighted by atomic mass is 16.5. The molecular weight excluding hydrogens is 242 g/mol. The van der Waals surface area contributed by atoms with Gasteiger partial charge in [0.2, 0.25) is 0 Å². The fourth-order valence-corrected chi connectivity index (χ4v) is 2.13. The van der Waals surface area contributed by atoms with Crippen LogP contribution in [0.2, 0.25) is 0 Å². The molecule has 1 aromatic carbocycles. The van der Waals surface area contributed by atoms with Crippen LogP contribution < -0.4 is 10.1 Å². The molecule has 0 bridgehead atoms. The highest BCUT2D eigenvalue weighted by molar-refractivity contribution is 5.80. The molecule has 1 aromatic rings. The van der Waals surface area contributed by atoms with Gasteiger partial charge in [0.25, 0.3) is 5.91 Å². The third-order valence-electron chi connectivity index (χ3n) is 3.48. The molecule has 2 rings (SSSR count). The minimum atomic E-state index is -0.507. The third-order valence-corrected chi connectivity index (χ3v) is 3.48. The second-order valence-corrected chi connectivity index (χ2v) is 5.31. The molecule has 0 saturated heterocycles. The van der Waals surface area contributed by atoms with Crippen molar-refractivity contribution < 1.29 is 14.6 Å². The lowest BCUT2D eigenvalue weighted by atomic mass is 9.82. The number of hydrogen-bond donors (Lipinski definition) is 2. The predicted molar refractivity (Wildman–Crippen MR) is 73.0 cm³/mol. The lowest BCUT2D eigenvalue weighted by Crippen LogP contribution is -2.42. The number of carbonyl (C=O) groups excluding carboxylic acids is 1. The van der Waals surface area contributed by atoms with E-state index >= 15 is 0 Å². The molecule has 4 nitrogen and oxygen atoms in total. The molecule has 1 fully saturated rings. The molecule has 1 amide bonds. The average molecular weight is 263 g/mol. The number of hydrogen-bond acceptors (Lipinski definition) is 3. The summed E-state index contributed by atoms with van der Waals surface area (Å²) in [4.78, 5) is 11.8. The molecule has 1 aliphatic carbocycles. The van der Waals surface area contributed by atoms with Crippen molar-refractivity contribution in [3.8, 4) is 5.75 Å². The van der Waals surface area contributed by atoms with Gasteiger partial charge in [-0.3, -0.25) is 4.79 Å². The van der Waals surface area contributed by atoms with Crippen molar-refractivity contribution in [1.29, 1.82) is 0 Å². The first-order valence-electron chi connectivity index (χ1n) is 6.73. The Morgan fingerprint density at radius 3 is 2.63 bits per heavy atom. The predicted octanol–water partition coefficient (Wildman–Crippen LogP) is 1.65. The summed E-state index contributed by atoms with van der Waals surface area (Å²) in [6, 6.07) is 7.63. The molecule has 1 aliphatic rings. The van der Waals surface area contributed by atoms with Gasteiger partial charge in [0.15, 0.2) is 6.10 Å². The van der Waals surface area contributed by atoms with Gasteiger partial charge in [-0.1, -0.05) is 17.7 Å². The second kappa shape index (κ2) is 6.06. The van der Waals surface area contributed by atoms with Crippen LogP contribution in [0.1, 0.15) is 25.3 Å². The van der Waals surface area contributed by atoms with Crippen molar-refractivity contribution in [1.82, 2.24) is 5.32 Å². The first-order chi connectivity index (χ1) is 9.04. The number of aryl methyl sites for hydroxylation is 1. The molecule has 1 saturated carbocycles. The molecular formula is C15H21NO3. The minimum Gasteiger partial charge on any atom is -0.481 e. The summed E-state index contributed by atoms with van der Waals surface area (Å²) in [6.45, 7) is 4.37. The molecule has 19 heavy (non-hydrogen) atoms. The second-order valence-electron chi connectivity index (χ2n) is 5.31. The number of ether oxygens (including phenoxy) is 1. The van der Waals surface area contributed by atoms with Gasteiger partial charge in [0, 0.05) is 6.54 Å². The van der Waals surface area contributed by atoms with Gasteiger partial charge in [0.1, 0.15) is 5.75 Å². The Bertz CT molecular complexity index is 424. The quantitative estimate of drug-likeness (QED) is 0.849. The molecule has 0 aromatic heterocycles. The largest absolute Gasteiger partial charge is 0.481 e. The van der Waals surface area contributed by atoms with Crippen LogP contribution >= 0.6 is 0 Å². The van der Waals surface area contributed by atoms with Crippen molar-refractivity contribution >= 4 is 5.91 Å². The SMILES string of the molecule is Cc1ccc(OC(C)C(=O)NCC2CC(O)C2)cc1. The summed E-state index contributed by atoms with van der Waals surface area (Å²) >= 11 is 0. The number of aliphatic hydroxyl groups is 1. The fourth-order valence-electron chi connectivity index (χ4n) is 2.13. The van der Waals surface area contributed by atoms with E-state index in [1.807, 2.05) is 31.2 Å². The number of amides is 1. The van der Waals surface area contributed by atoms with Crippen molar-refractivity contribution in [3.63, 3.8) is 0 Å². The number of benzene rings is 1. The van der Waals surface area contributed by atoms with Crippen LogP contribution in [0, 0.1) is 12.8 Å². The smallest absolute Gasteiger partial charge is 0.260 e. The Labute approximate surface area is 113 Å². The maximum absolute atomic E-state index is 11.8.